The van der Waals surface area contributed by atoms with Crippen LogP contribution in [-0.4, -0.2) is 22.0 Å². The van der Waals surface area contributed by atoms with Gasteiger partial charge in [0, 0.05) is 7.05 Å². The summed E-state index contributed by atoms with van der Waals surface area (Å²) in [7, 11) is 3.43. The second-order valence-corrected chi connectivity index (χ2v) is 3.82. The van der Waals surface area contributed by atoms with Crippen molar-refractivity contribution in [3.8, 4) is 5.75 Å². The molecule has 0 amide bonds. The smallest absolute Gasteiger partial charge is 0.162 e. The van der Waals surface area contributed by atoms with Crippen LogP contribution in [-0.2, 0) is 12.6 Å². The molecular formula is C11H20N2O2. The molecule has 1 heterocycles. The summed E-state index contributed by atoms with van der Waals surface area (Å²) in [6.45, 7) is 4.03. The summed E-state index contributed by atoms with van der Waals surface area (Å²) in [6, 6.07) is 0. The lowest BCUT2D eigenvalue weighted by Crippen LogP contribution is -2.28. The van der Waals surface area contributed by atoms with Crippen LogP contribution >= 0.6 is 0 Å². The van der Waals surface area contributed by atoms with E-state index >= 15 is 0 Å². The van der Waals surface area contributed by atoms with E-state index in [0.717, 1.165) is 18.5 Å². The van der Waals surface area contributed by atoms with Crippen LogP contribution in [0.1, 0.15) is 38.8 Å². The lowest BCUT2D eigenvalue weighted by molar-refractivity contribution is 0.0124. The van der Waals surface area contributed by atoms with Crippen molar-refractivity contribution in [1.82, 2.24) is 9.78 Å². The van der Waals surface area contributed by atoms with E-state index in [1.54, 1.807) is 18.0 Å². The zero-order valence-corrected chi connectivity index (χ0v) is 9.95. The summed E-state index contributed by atoms with van der Waals surface area (Å²) in [5.41, 5.74) is -0.0555. The zero-order chi connectivity index (χ0) is 11.5. The van der Waals surface area contributed by atoms with Crippen molar-refractivity contribution in [2.24, 2.45) is 7.05 Å². The maximum Gasteiger partial charge on any atom is 0.162 e. The Bertz CT molecular complexity index is 322. The number of aryl methyl sites for hydroxylation is 1. The van der Waals surface area contributed by atoms with Crippen molar-refractivity contribution < 1.29 is 9.84 Å². The largest absolute Gasteiger partial charge is 0.493 e. The molecule has 0 fully saturated rings. The average molecular weight is 212 g/mol. The molecule has 0 spiro atoms. The molecule has 15 heavy (non-hydrogen) atoms. The fourth-order valence-electron chi connectivity index (χ4n) is 1.97. The van der Waals surface area contributed by atoms with E-state index in [1.165, 1.54) is 0 Å². The van der Waals surface area contributed by atoms with Crippen molar-refractivity contribution in [3.05, 3.63) is 11.9 Å². The Kier molecular flexibility index (Phi) is 3.74. The highest BCUT2D eigenvalue weighted by atomic mass is 16.5. The normalized spacial score (nSPS) is 15.0. The molecule has 1 aromatic rings. The Morgan fingerprint density at radius 2 is 2.20 bits per heavy atom. The van der Waals surface area contributed by atoms with Crippen LogP contribution in [0.3, 0.4) is 0 Å². The van der Waals surface area contributed by atoms with E-state index in [4.69, 9.17) is 4.74 Å². The maximum atomic E-state index is 10.5. The van der Waals surface area contributed by atoms with Crippen LogP contribution in [0.2, 0.25) is 0 Å². The third kappa shape index (κ3) is 2.15. The Morgan fingerprint density at radius 3 is 2.67 bits per heavy atom. The van der Waals surface area contributed by atoms with Gasteiger partial charge in [-0.15, -0.1) is 0 Å². The maximum absolute atomic E-state index is 10.5. The molecule has 1 atom stereocenters. The van der Waals surface area contributed by atoms with E-state index in [2.05, 4.69) is 12.0 Å². The van der Waals surface area contributed by atoms with Gasteiger partial charge in [-0.3, -0.25) is 4.68 Å². The van der Waals surface area contributed by atoms with E-state index in [0.29, 0.717) is 12.2 Å². The molecule has 1 aromatic heterocycles. The summed E-state index contributed by atoms with van der Waals surface area (Å²) in [4.78, 5) is 0. The topological polar surface area (TPSA) is 47.3 Å². The lowest BCUT2D eigenvalue weighted by Gasteiger charge is -2.27. The third-order valence-corrected chi connectivity index (χ3v) is 2.81. The molecule has 0 aliphatic carbocycles. The molecule has 86 valence electrons. The van der Waals surface area contributed by atoms with Gasteiger partial charge < -0.3 is 9.84 Å². The highest BCUT2D eigenvalue weighted by molar-refractivity contribution is 5.30. The third-order valence-electron chi connectivity index (χ3n) is 2.81. The average Bonchev–Trinajstić information content (AvgIpc) is 2.60. The molecule has 1 N–H and O–H groups in total. The van der Waals surface area contributed by atoms with Crippen molar-refractivity contribution in [3.63, 3.8) is 0 Å². The molecule has 0 aliphatic rings. The molecule has 0 aromatic carbocycles. The Hall–Kier alpha value is -1.03. The fourth-order valence-corrected chi connectivity index (χ4v) is 1.97. The minimum atomic E-state index is -0.828. The van der Waals surface area contributed by atoms with E-state index in [-0.39, 0.29) is 0 Å². The first-order valence-electron chi connectivity index (χ1n) is 5.37. The van der Waals surface area contributed by atoms with Crippen molar-refractivity contribution >= 4 is 0 Å². The van der Waals surface area contributed by atoms with E-state index in [9.17, 15) is 5.11 Å². The molecule has 4 nitrogen and oxygen atoms in total. The van der Waals surface area contributed by atoms with Gasteiger partial charge in [0.1, 0.15) is 11.3 Å². The predicted molar refractivity (Wildman–Crippen MR) is 58.9 cm³/mol. The van der Waals surface area contributed by atoms with E-state index in [1.807, 2.05) is 14.0 Å². The molecule has 4 heteroatoms. The van der Waals surface area contributed by atoms with Gasteiger partial charge in [0.2, 0.25) is 0 Å². The SMILES string of the molecule is CCCC(O)(CC)c1c(OC)cnn1C. The van der Waals surface area contributed by atoms with Crippen LogP contribution in [0.25, 0.3) is 0 Å². The van der Waals surface area contributed by atoms with Gasteiger partial charge >= 0.3 is 0 Å². The molecule has 0 radical (unpaired) electrons. The molecule has 1 rings (SSSR count). The van der Waals surface area contributed by atoms with Gasteiger partial charge in [-0.25, -0.2) is 0 Å². The number of hydrogen-bond acceptors (Lipinski definition) is 3. The van der Waals surface area contributed by atoms with Crippen LogP contribution in [0.15, 0.2) is 6.20 Å². The summed E-state index contributed by atoms with van der Waals surface area (Å²) >= 11 is 0. The number of hydrogen-bond donors (Lipinski definition) is 1. The lowest BCUT2D eigenvalue weighted by atomic mass is 9.90. The first-order chi connectivity index (χ1) is 7.09. The van der Waals surface area contributed by atoms with Gasteiger partial charge in [-0.2, -0.15) is 5.10 Å². The molecule has 0 bridgehead atoms. The number of methoxy groups -OCH3 is 1. The standard InChI is InChI=1S/C11H20N2O2/c1-5-7-11(14,6-2)10-9(15-4)8-12-13(10)3/h8,14H,5-7H2,1-4H3. The molecular weight excluding hydrogens is 192 g/mol. The Labute approximate surface area is 90.9 Å². The summed E-state index contributed by atoms with van der Waals surface area (Å²) in [5, 5.41) is 14.6. The minimum Gasteiger partial charge on any atom is -0.493 e. The highest BCUT2D eigenvalue weighted by Gasteiger charge is 2.32. The summed E-state index contributed by atoms with van der Waals surface area (Å²) in [5.74, 6) is 0.662. The molecule has 1 unspecified atom stereocenters. The van der Waals surface area contributed by atoms with Gasteiger partial charge in [0.05, 0.1) is 13.3 Å². The number of rotatable bonds is 5. The monoisotopic (exact) mass is 212 g/mol. The number of ether oxygens (including phenoxy) is 1. The summed E-state index contributed by atoms with van der Waals surface area (Å²) in [6.07, 6.45) is 3.96. The quantitative estimate of drug-likeness (QED) is 0.810. The Balaban J connectivity index is 3.15. The second kappa shape index (κ2) is 4.66. The number of aliphatic hydroxyl groups is 1. The molecule has 0 saturated heterocycles. The van der Waals surface area contributed by atoms with Crippen molar-refractivity contribution in [2.45, 2.75) is 38.7 Å². The highest BCUT2D eigenvalue weighted by Crippen LogP contribution is 2.35. The van der Waals surface area contributed by atoms with Crippen LogP contribution < -0.4 is 4.74 Å². The van der Waals surface area contributed by atoms with Crippen LogP contribution in [0.4, 0.5) is 0 Å². The fraction of sp³-hybridized carbons (Fsp3) is 0.727. The summed E-state index contributed by atoms with van der Waals surface area (Å²) < 4.78 is 6.91. The van der Waals surface area contributed by atoms with Crippen molar-refractivity contribution in [2.75, 3.05) is 7.11 Å². The zero-order valence-electron chi connectivity index (χ0n) is 9.95. The van der Waals surface area contributed by atoms with Gasteiger partial charge in [-0.05, 0) is 12.8 Å². The van der Waals surface area contributed by atoms with Gasteiger partial charge in [-0.1, -0.05) is 20.3 Å². The first kappa shape index (κ1) is 12.0. The van der Waals surface area contributed by atoms with Crippen molar-refractivity contribution in [1.29, 1.82) is 0 Å². The van der Waals surface area contributed by atoms with Crippen LogP contribution in [0.5, 0.6) is 5.75 Å². The molecule has 0 aliphatic heterocycles. The van der Waals surface area contributed by atoms with E-state index < -0.39 is 5.60 Å². The van der Waals surface area contributed by atoms with Gasteiger partial charge in [0.25, 0.3) is 0 Å². The number of nitrogens with zero attached hydrogens (tertiary/aromatic N) is 2. The minimum absolute atomic E-state index is 0.662. The predicted octanol–water partition coefficient (Wildman–Crippen LogP) is 1.83. The van der Waals surface area contributed by atoms with Crippen LogP contribution in [0, 0.1) is 0 Å². The number of aromatic nitrogens is 2. The second-order valence-electron chi connectivity index (χ2n) is 3.82. The molecule has 0 saturated carbocycles. The first-order valence-corrected chi connectivity index (χ1v) is 5.37. The Morgan fingerprint density at radius 1 is 1.53 bits per heavy atom. The van der Waals surface area contributed by atoms with Gasteiger partial charge in [0.15, 0.2) is 5.75 Å².